The molecule has 0 aliphatic carbocycles. The van der Waals surface area contributed by atoms with Crippen molar-refractivity contribution >= 4 is 17.3 Å². The first kappa shape index (κ1) is 10.2. The van der Waals surface area contributed by atoms with E-state index in [-0.39, 0.29) is 0 Å². The molecule has 3 rings (SSSR count). The Morgan fingerprint density at radius 2 is 2.18 bits per heavy atom. The van der Waals surface area contributed by atoms with Gasteiger partial charge in [0.25, 0.3) is 0 Å². The van der Waals surface area contributed by atoms with E-state index in [2.05, 4.69) is 46.1 Å². The molecule has 1 aliphatic heterocycles. The summed E-state index contributed by atoms with van der Waals surface area (Å²) in [4.78, 5) is 9.76. The molecule has 4 nitrogen and oxygen atoms in total. The van der Waals surface area contributed by atoms with Crippen LogP contribution in [0.4, 0.5) is 17.3 Å². The van der Waals surface area contributed by atoms with Crippen molar-refractivity contribution in [1.82, 2.24) is 9.97 Å². The number of hydrogen-bond acceptors (Lipinski definition) is 3. The molecule has 0 spiro atoms. The maximum Gasteiger partial charge on any atom is 0.176 e. The Morgan fingerprint density at radius 1 is 1.41 bits per heavy atom. The van der Waals surface area contributed by atoms with Gasteiger partial charge in [-0.3, -0.25) is 0 Å². The van der Waals surface area contributed by atoms with Gasteiger partial charge >= 0.3 is 0 Å². The monoisotopic (exact) mass is 228 g/mol. The Balaban J connectivity index is 2.12. The zero-order valence-electron chi connectivity index (χ0n) is 10.1. The first-order chi connectivity index (χ1) is 8.16. The molecule has 0 fully saturated rings. The number of aromatic nitrogens is 2. The van der Waals surface area contributed by atoms with Crippen LogP contribution in [0, 0.1) is 6.92 Å². The Kier molecular flexibility index (Phi) is 2.11. The summed E-state index contributed by atoms with van der Waals surface area (Å²) in [6.07, 6.45) is 1.04. The van der Waals surface area contributed by atoms with Crippen LogP contribution in [0.25, 0.3) is 0 Å². The number of nitrogen functional groups attached to an aromatic ring is 1. The average Bonchev–Trinajstić information content (AvgIpc) is 2.77. The van der Waals surface area contributed by atoms with Crippen molar-refractivity contribution in [3.63, 3.8) is 0 Å². The maximum atomic E-state index is 5.98. The SMILES string of the molecule is Cc1nc(N2c3ccccc3CC2C)c(N)[nH]1. The van der Waals surface area contributed by atoms with Crippen molar-refractivity contribution in [3.05, 3.63) is 35.7 Å². The summed E-state index contributed by atoms with van der Waals surface area (Å²) in [6.45, 7) is 4.12. The van der Waals surface area contributed by atoms with E-state index in [0.717, 1.165) is 18.1 Å². The lowest BCUT2D eigenvalue weighted by Crippen LogP contribution is -2.25. The van der Waals surface area contributed by atoms with Crippen molar-refractivity contribution in [2.24, 2.45) is 0 Å². The molecule has 1 aromatic carbocycles. The lowest BCUT2D eigenvalue weighted by molar-refractivity contribution is 0.752. The Morgan fingerprint density at radius 3 is 2.88 bits per heavy atom. The van der Waals surface area contributed by atoms with Gasteiger partial charge < -0.3 is 15.6 Å². The van der Waals surface area contributed by atoms with Gasteiger partial charge in [-0.2, -0.15) is 0 Å². The molecule has 1 atom stereocenters. The molecule has 3 N–H and O–H groups in total. The summed E-state index contributed by atoms with van der Waals surface area (Å²) < 4.78 is 0. The number of hydrogen-bond donors (Lipinski definition) is 2. The second-order valence-corrected chi connectivity index (χ2v) is 4.61. The average molecular weight is 228 g/mol. The number of aryl methyl sites for hydroxylation is 1. The molecule has 2 aromatic rings. The lowest BCUT2D eigenvalue weighted by Gasteiger charge is -2.22. The third-order valence-electron chi connectivity index (χ3n) is 3.27. The van der Waals surface area contributed by atoms with Gasteiger partial charge in [-0.25, -0.2) is 4.98 Å². The van der Waals surface area contributed by atoms with Crippen LogP contribution in [-0.4, -0.2) is 16.0 Å². The lowest BCUT2D eigenvalue weighted by atomic mass is 10.1. The van der Waals surface area contributed by atoms with Crippen LogP contribution in [0.5, 0.6) is 0 Å². The van der Waals surface area contributed by atoms with Crippen LogP contribution in [0.15, 0.2) is 24.3 Å². The number of fused-ring (bicyclic) bond motifs is 1. The van der Waals surface area contributed by atoms with Crippen LogP contribution in [0.2, 0.25) is 0 Å². The minimum Gasteiger partial charge on any atom is -0.382 e. The minimum absolute atomic E-state index is 0.400. The van der Waals surface area contributed by atoms with Gasteiger partial charge in [0, 0.05) is 11.7 Å². The van der Waals surface area contributed by atoms with Gasteiger partial charge in [-0.05, 0) is 31.9 Å². The van der Waals surface area contributed by atoms with Gasteiger partial charge in [0.2, 0.25) is 0 Å². The smallest absolute Gasteiger partial charge is 0.176 e. The van der Waals surface area contributed by atoms with Gasteiger partial charge in [0.05, 0.1) is 0 Å². The van der Waals surface area contributed by atoms with Gasteiger partial charge in [-0.1, -0.05) is 18.2 Å². The zero-order valence-corrected chi connectivity index (χ0v) is 10.1. The molecule has 0 amide bonds. The predicted octanol–water partition coefficient (Wildman–Crippen LogP) is 2.38. The summed E-state index contributed by atoms with van der Waals surface area (Å²) in [6, 6.07) is 8.83. The third-order valence-corrected chi connectivity index (χ3v) is 3.27. The predicted molar refractivity (Wildman–Crippen MR) is 69.5 cm³/mol. The number of aromatic amines is 1. The van der Waals surface area contributed by atoms with Crippen LogP contribution >= 0.6 is 0 Å². The number of nitrogens with zero attached hydrogens (tertiary/aromatic N) is 2. The Hall–Kier alpha value is -1.97. The number of nitrogens with two attached hydrogens (primary N) is 1. The minimum atomic E-state index is 0.400. The third kappa shape index (κ3) is 1.48. The Bertz CT molecular complexity index is 558. The number of imidazole rings is 1. The molecule has 0 radical (unpaired) electrons. The number of H-pyrrole nitrogens is 1. The van der Waals surface area contributed by atoms with Crippen LogP contribution in [0.1, 0.15) is 18.3 Å². The summed E-state index contributed by atoms with van der Waals surface area (Å²) in [5.41, 5.74) is 8.56. The Labute approximate surface area is 100 Å². The second kappa shape index (κ2) is 3.52. The quantitative estimate of drug-likeness (QED) is 0.788. The normalized spacial score (nSPS) is 18.5. The van der Waals surface area contributed by atoms with E-state index in [1.165, 1.54) is 11.3 Å². The topological polar surface area (TPSA) is 57.9 Å². The van der Waals surface area contributed by atoms with Gasteiger partial charge in [0.1, 0.15) is 11.6 Å². The van der Waals surface area contributed by atoms with Crippen molar-refractivity contribution in [3.8, 4) is 0 Å². The molecule has 1 aromatic heterocycles. The highest BCUT2D eigenvalue weighted by molar-refractivity contribution is 5.74. The second-order valence-electron chi connectivity index (χ2n) is 4.61. The molecule has 2 heterocycles. The molecule has 0 saturated carbocycles. The van der Waals surface area contributed by atoms with Crippen LogP contribution in [-0.2, 0) is 6.42 Å². The highest BCUT2D eigenvalue weighted by Crippen LogP contribution is 2.39. The number of benzene rings is 1. The molecule has 4 heteroatoms. The van der Waals surface area contributed by atoms with Crippen molar-refractivity contribution in [2.45, 2.75) is 26.3 Å². The van der Waals surface area contributed by atoms with E-state index in [1.54, 1.807) is 0 Å². The summed E-state index contributed by atoms with van der Waals surface area (Å²) in [5, 5.41) is 0. The first-order valence-corrected chi connectivity index (χ1v) is 5.86. The molecular formula is C13H16N4. The van der Waals surface area contributed by atoms with Crippen LogP contribution < -0.4 is 10.6 Å². The number of rotatable bonds is 1. The standard InChI is InChI=1S/C13H16N4/c1-8-7-10-5-3-4-6-11(10)17(8)13-12(14)15-9(2)16-13/h3-6,8H,7,14H2,1-2H3,(H,15,16). The number of para-hydroxylation sites is 1. The molecule has 0 bridgehead atoms. The fourth-order valence-electron chi connectivity index (χ4n) is 2.57. The fraction of sp³-hybridized carbons (Fsp3) is 0.308. The largest absolute Gasteiger partial charge is 0.382 e. The van der Waals surface area contributed by atoms with Crippen molar-refractivity contribution < 1.29 is 0 Å². The van der Waals surface area contributed by atoms with E-state index in [9.17, 15) is 0 Å². The summed E-state index contributed by atoms with van der Waals surface area (Å²) >= 11 is 0. The summed E-state index contributed by atoms with van der Waals surface area (Å²) in [5.74, 6) is 2.35. The fourth-order valence-corrected chi connectivity index (χ4v) is 2.57. The zero-order chi connectivity index (χ0) is 12.0. The van der Waals surface area contributed by atoms with Crippen molar-refractivity contribution in [2.75, 3.05) is 10.6 Å². The van der Waals surface area contributed by atoms with Gasteiger partial charge in [-0.15, -0.1) is 0 Å². The van der Waals surface area contributed by atoms with Crippen molar-refractivity contribution in [1.29, 1.82) is 0 Å². The molecule has 88 valence electrons. The highest BCUT2D eigenvalue weighted by Gasteiger charge is 2.29. The van der Waals surface area contributed by atoms with E-state index >= 15 is 0 Å². The molecule has 1 aliphatic rings. The van der Waals surface area contributed by atoms with E-state index < -0.39 is 0 Å². The van der Waals surface area contributed by atoms with Gasteiger partial charge in [0.15, 0.2) is 5.82 Å². The van der Waals surface area contributed by atoms with E-state index in [1.807, 2.05) is 6.92 Å². The maximum absolute atomic E-state index is 5.98. The first-order valence-electron chi connectivity index (χ1n) is 5.86. The highest BCUT2D eigenvalue weighted by atomic mass is 15.3. The molecule has 0 saturated heterocycles. The molecule has 1 unspecified atom stereocenters. The summed E-state index contributed by atoms with van der Waals surface area (Å²) in [7, 11) is 0. The molecule has 17 heavy (non-hydrogen) atoms. The van der Waals surface area contributed by atoms with E-state index in [4.69, 9.17) is 5.73 Å². The number of anilines is 3. The van der Waals surface area contributed by atoms with Crippen LogP contribution in [0.3, 0.4) is 0 Å². The number of nitrogens with one attached hydrogen (secondary N) is 1. The van der Waals surface area contributed by atoms with E-state index in [0.29, 0.717) is 11.9 Å². The molecular weight excluding hydrogens is 212 g/mol.